The molecule has 0 aliphatic carbocycles. The van der Waals surface area contributed by atoms with Gasteiger partial charge in [-0.25, -0.2) is 0 Å². The quantitative estimate of drug-likeness (QED) is 0.325. The van der Waals surface area contributed by atoms with Crippen LogP contribution < -0.4 is 0 Å². The molecule has 0 aromatic carbocycles. The first-order valence-corrected chi connectivity index (χ1v) is 2.68. The molecule has 0 heterocycles. The van der Waals surface area contributed by atoms with E-state index in [1.807, 2.05) is 0 Å². The predicted molar refractivity (Wildman–Crippen MR) is 20.4 cm³/mol. The van der Waals surface area contributed by atoms with Crippen molar-refractivity contribution in [3.63, 3.8) is 0 Å². The monoisotopic (exact) mass is 216 g/mol. The van der Waals surface area contributed by atoms with E-state index >= 15 is 0 Å². The molecule has 0 atom stereocenters. The first kappa shape index (κ1) is 9.97. The first-order valence-electron chi connectivity index (χ1n) is 0.894. The van der Waals surface area contributed by atoms with Crippen LogP contribution in [0, 0.1) is 0 Å². The van der Waals surface area contributed by atoms with E-state index in [0.717, 1.165) is 0 Å². The third-order valence-electron chi connectivity index (χ3n) is 0. The molecule has 36 valence electrons. The maximum atomic E-state index is 7.33. The fourth-order valence-corrected chi connectivity index (χ4v) is 0. The van der Waals surface area contributed by atoms with E-state index in [1.54, 1.807) is 0 Å². The van der Waals surface area contributed by atoms with E-state index in [1.165, 1.54) is 0 Å². The van der Waals surface area contributed by atoms with Crippen LogP contribution in [0.4, 0.5) is 0 Å². The van der Waals surface area contributed by atoms with E-state index in [4.69, 9.17) is 19.2 Å². The molecule has 0 aromatic rings. The van der Waals surface area contributed by atoms with E-state index < -0.39 is 9.05 Å². The van der Waals surface area contributed by atoms with Crippen LogP contribution in [0.3, 0.4) is 0 Å². The average Bonchev–Trinajstić information content (AvgIpc) is 0.722. The van der Waals surface area contributed by atoms with Crippen LogP contribution >= 0.6 is 0 Å². The van der Waals surface area contributed by atoms with Gasteiger partial charge < -0.3 is 19.2 Å². The van der Waals surface area contributed by atoms with Crippen LogP contribution in [-0.4, -0.2) is 52.1 Å². The molecule has 0 spiro atoms. The number of hydrogen-bond acceptors (Lipinski definition) is 4. The third kappa shape index (κ3) is 98.6. The smallest absolute Gasteiger partial charge is 0.368 e. The SMILES string of the molecule is O[Si](O)(O)O.[Sn]. The van der Waals surface area contributed by atoms with Crippen molar-refractivity contribution in [1.82, 2.24) is 0 Å². The predicted octanol–water partition coefficient (Wildman–Crippen LogP) is -2.99. The molecule has 0 bridgehead atoms. The number of rotatable bonds is 0. The second kappa shape index (κ2) is 2.94. The fraction of sp³-hybridized carbons (Fsp3) is 0. The van der Waals surface area contributed by atoms with Gasteiger partial charge in [0, 0.05) is 23.9 Å². The van der Waals surface area contributed by atoms with Crippen LogP contribution in [0.1, 0.15) is 0 Å². The molecule has 0 saturated carbocycles. The summed E-state index contributed by atoms with van der Waals surface area (Å²) in [6, 6.07) is 0. The normalized spacial score (nSPS) is 10.0. The molecule has 0 unspecified atom stereocenters. The molecule has 0 fully saturated rings. The molecule has 4 radical (unpaired) electrons. The molecule has 6 heteroatoms. The largest absolute Gasteiger partial charge is 0.668 e. The molecule has 0 aliphatic heterocycles. The zero-order chi connectivity index (χ0) is 4.50. The summed E-state index contributed by atoms with van der Waals surface area (Å²) in [5.41, 5.74) is 0. The minimum Gasteiger partial charge on any atom is -0.368 e. The minimum atomic E-state index is -4.61. The minimum absolute atomic E-state index is 0. The van der Waals surface area contributed by atoms with Crippen LogP contribution in [-0.2, 0) is 0 Å². The first-order chi connectivity index (χ1) is 2.00. The Morgan fingerprint density at radius 2 is 0.833 bits per heavy atom. The summed E-state index contributed by atoms with van der Waals surface area (Å²) < 4.78 is 0. The molecule has 0 aromatic heterocycles. The Hall–Kier alpha value is 0.856. The van der Waals surface area contributed by atoms with E-state index in [2.05, 4.69) is 0 Å². The zero-order valence-electron chi connectivity index (χ0n) is 2.79. The van der Waals surface area contributed by atoms with Crippen LogP contribution in [0.2, 0.25) is 0 Å². The van der Waals surface area contributed by atoms with Crippen molar-refractivity contribution < 1.29 is 19.2 Å². The van der Waals surface area contributed by atoms with Crippen LogP contribution in [0.5, 0.6) is 0 Å². The maximum absolute atomic E-state index is 7.33. The number of hydrogen-bond donors (Lipinski definition) is 4. The van der Waals surface area contributed by atoms with Gasteiger partial charge in [-0.15, -0.1) is 0 Å². The molecule has 4 nitrogen and oxygen atoms in total. The summed E-state index contributed by atoms with van der Waals surface area (Å²) in [6.45, 7) is 0. The second-order valence-electron chi connectivity index (χ2n) is 0.600. The van der Waals surface area contributed by atoms with Crippen molar-refractivity contribution in [2.45, 2.75) is 0 Å². The van der Waals surface area contributed by atoms with Crippen molar-refractivity contribution in [3.05, 3.63) is 0 Å². The topological polar surface area (TPSA) is 80.9 Å². The molecular formula is H4O4SiSn. The molecule has 0 rings (SSSR count). The molecule has 4 N–H and O–H groups in total. The summed E-state index contributed by atoms with van der Waals surface area (Å²) in [4.78, 5) is 29.3. The Kier molecular flexibility index (Phi) is 4.88. The van der Waals surface area contributed by atoms with E-state index in [9.17, 15) is 0 Å². The van der Waals surface area contributed by atoms with Crippen molar-refractivity contribution in [2.75, 3.05) is 0 Å². The summed E-state index contributed by atoms with van der Waals surface area (Å²) in [7, 11) is -4.61. The van der Waals surface area contributed by atoms with Gasteiger partial charge in [0.05, 0.1) is 0 Å². The summed E-state index contributed by atoms with van der Waals surface area (Å²) in [5.74, 6) is 0. The average molecular weight is 215 g/mol. The van der Waals surface area contributed by atoms with E-state index in [0.29, 0.717) is 0 Å². The standard InChI is InChI=1S/H4O4Si.Sn/c1-5(2,3)4;/h1-4H;. The Balaban J connectivity index is 0. The van der Waals surface area contributed by atoms with Gasteiger partial charge in [0.25, 0.3) is 0 Å². The molecule has 0 saturated heterocycles. The molecule has 6 heavy (non-hydrogen) atoms. The van der Waals surface area contributed by atoms with Crippen molar-refractivity contribution >= 4 is 33.0 Å². The summed E-state index contributed by atoms with van der Waals surface area (Å²) in [5, 5.41) is 0. The Labute approximate surface area is 52.5 Å². The Morgan fingerprint density at radius 1 is 0.833 bits per heavy atom. The van der Waals surface area contributed by atoms with Gasteiger partial charge in [-0.2, -0.15) is 0 Å². The van der Waals surface area contributed by atoms with Crippen LogP contribution in [0.25, 0.3) is 0 Å². The van der Waals surface area contributed by atoms with Gasteiger partial charge in [0.15, 0.2) is 0 Å². The van der Waals surface area contributed by atoms with Crippen molar-refractivity contribution in [3.8, 4) is 0 Å². The Bertz CT molecular complexity index is 23.0. The van der Waals surface area contributed by atoms with Crippen molar-refractivity contribution in [2.24, 2.45) is 0 Å². The van der Waals surface area contributed by atoms with Gasteiger partial charge in [-0.1, -0.05) is 0 Å². The molecule has 0 aliphatic rings. The summed E-state index contributed by atoms with van der Waals surface area (Å²) in [6.07, 6.45) is 0. The Morgan fingerprint density at radius 3 is 0.833 bits per heavy atom. The second-order valence-corrected chi connectivity index (χ2v) is 1.80. The van der Waals surface area contributed by atoms with Gasteiger partial charge in [0.2, 0.25) is 0 Å². The van der Waals surface area contributed by atoms with Gasteiger partial charge in [-0.3, -0.25) is 0 Å². The zero-order valence-corrected chi connectivity index (χ0v) is 6.64. The van der Waals surface area contributed by atoms with Gasteiger partial charge in [0.1, 0.15) is 0 Å². The molecular weight excluding hydrogens is 211 g/mol. The van der Waals surface area contributed by atoms with E-state index in [-0.39, 0.29) is 23.9 Å². The van der Waals surface area contributed by atoms with Crippen LogP contribution in [0.15, 0.2) is 0 Å². The fourth-order valence-electron chi connectivity index (χ4n) is 0. The maximum Gasteiger partial charge on any atom is 0.668 e. The van der Waals surface area contributed by atoms with Gasteiger partial charge >= 0.3 is 9.05 Å². The van der Waals surface area contributed by atoms with Gasteiger partial charge in [-0.05, 0) is 0 Å². The molecule has 0 amide bonds. The summed E-state index contributed by atoms with van der Waals surface area (Å²) >= 11 is 0. The van der Waals surface area contributed by atoms with Crippen molar-refractivity contribution in [1.29, 1.82) is 0 Å². The third-order valence-corrected chi connectivity index (χ3v) is 0.